The quantitative estimate of drug-likeness (QED) is 0.228. The van der Waals surface area contributed by atoms with Crippen molar-refractivity contribution in [1.82, 2.24) is 15.2 Å². The molecule has 1 fully saturated rings. The predicted molar refractivity (Wildman–Crippen MR) is 155 cm³/mol. The van der Waals surface area contributed by atoms with Crippen LogP contribution in [-0.2, 0) is 16.1 Å². The minimum Gasteiger partial charge on any atom is -0.351 e. The van der Waals surface area contributed by atoms with E-state index < -0.39 is 11.9 Å². The first-order valence-corrected chi connectivity index (χ1v) is 13.7. The van der Waals surface area contributed by atoms with Gasteiger partial charge in [0.2, 0.25) is 5.91 Å². The Balaban J connectivity index is 1.59. The van der Waals surface area contributed by atoms with Crippen molar-refractivity contribution in [3.05, 3.63) is 113 Å². The Bertz CT molecular complexity index is 1510. The number of para-hydroxylation sites is 1. The number of amides is 2. The standard InChI is InChI=1S/C33H30ClN3O2/c34-32-28(22-26-16-10-11-19-29(26)36-32)31(33(39)35-27-17-8-3-9-18-27)37(23-25-14-6-2-7-15-25)30(38)21-20-24-12-4-1-5-13-24/h1-2,4-7,10-16,19,22,27,31H,3,8-9,17-18,23H2,(H,35,39). The summed E-state index contributed by atoms with van der Waals surface area (Å²) in [6.07, 6.45) is 5.15. The van der Waals surface area contributed by atoms with Crippen molar-refractivity contribution in [1.29, 1.82) is 0 Å². The monoisotopic (exact) mass is 535 g/mol. The molecular weight excluding hydrogens is 506 g/mol. The predicted octanol–water partition coefficient (Wildman–Crippen LogP) is 6.46. The number of nitrogens with zero attached hydrogens (tertiary/aromatic N) is 2. The molecule has 5 nitrogen and oxygen atoms in total. The van der Waals surface area contributed by atoms with Crippen LogP contribution < -0.4 is 5.32 Å². The Morgan fingerprint density at radius 1 is 0.923 bits per heavy atom. The van der Waals surface area contributed by atoms with Crippen molar-refractivity contribution in [2.45, 2.75) is 50.7 Å². The summed E-state index contributed by atoms with van der Waals surface area (Å²) in [5, 5.41) is 4.26. The molecule has 2 amide bonds. The molecule has 1 aliphatic rings. The van der Waals surface area contributed by atoms with Gasteiger partial charge in [0, 0.05) is 35.0 Å². The van der Waals surface area contributed by atoms with E-state index in [4.69, 9.17) is 11.6 Å². The lowest BCUT2D eigenvalue weighted by Crippen LogP contribution is -2.46. The Hall–Kier alpha value is -4.14. The van der Waals surface area contributed by atoms with Crippen LogP contribution in [0.5, 0.6) is 0 Å². The van der Waals surface area contributed by atoms with E-state index >= 15 is 0 Å². The highest BCUT2D eigenvalue weighted by Gasteiger charge is 2.34. The van der Waals surface area contributed by atoms with Gasteiger partial charge in [-0.15, -0.1) is 0 Å². The van der Waals surface area contributed by atoms with Gasteiger partial charge in [-0.1, -0.05) is 104 Å². The van der Waals surface area contributed by atoms with Gasteiger partial charge in [-0.25, -0.2) is 4.98 Å². The number of benzene rings is 3. The van der Waals surface area contributed by atoms with Crippen LogP contribution in [0.2, 0.25) is 5.15 Å². The molecule has 1 unspecified atom stereocenters. The number of hydrogen-bond acceptors (Lipinski definition) is 3. The molecule has 196 valence electrons. The zero-order valence-electron chi connectivity index (χ0n) is 21.6. The molecule has 1 N–H and O–H groups in total. The highest BCUT2D eigenvalue weighted by molar-refractivity contribution is 6.31. The molecule has 6 heteroatoms. The van der Waals surface area contributed by atoms with Crippen molar-refractivity contribution in [2.75, 3.05) is 0 Å². The number of aromatic nitrogens is 1. The van der Waals surface area contributed by atoms with Crippen molar-refractivity contribution in [3.63, 3.8) is 0 Å². The van der Waals surface area contributed by atoms with Gasteiger partial charge in [0.1, 0.15) is 11.2 Å². The van der Waals surface area contributed by atoms with Gasteiger partial charge in [0.15, 0.2) is 0 Å². The lowest BCUT2D eigenvalue weighted by Gasteiger charge is -2.32. The second kappa shape index (κ2) is 12.6. The molecule has 0 bridgehead atoms. The molecule has 0 spiro atoms. The number of hydrogen-bond donors (Lipinski definition) is 1. The molecule has 39 heavy (non-hydrogen) atoms. The number of pyridine rings is 1. The summed E-state index contributed by atoms with van der Waals surface area (Å²) in [5.74, 6) is 5.00. The Morgan fingerprint density at radius 3 is 2.33 bits per heavy atom. The van der Waals surface area contributed by atoms with Crippen molar-refractivity contribution in [3.8, 4) is 11.8 Å². The highest BCUT2D eigenvalue weighted by Crippen LogP contribution is 2.32. The Morgan fingerprint density at radius 2 is 1.59 bits per heavy atom. The second-order valence-electron chi connectivity index (χ2n) is 9.84. The Kier molecular flexibility index (Phi) is 8.55. The molecule has 5 rings (SSSR count). The molecule has 0 saturated heterocycles. The molecule has 1 atom stereocenters. The molecule has 1 aliphatic carbocycles. The average Bonchev–Trinajstić information content (AvgIpc) is 2.97. The van der Waals surface area contributed by atoms with Gasteiger partial charge in [-0.2, -0.15) is 0 Å². The lowest BCUT2D eigenvalue weighted by molar-refractivity contribution is -0.138. The van der Waals surface area contributed by atoms with E-state index in [1.165, 1.54) is 11.3 Å². The third-order valence-corrected chi connectivity index (χ3v) is 7.36. The normalized spacial score (nSPS) is 14.2. The van der Waals surface area contributed by atoms with Crippen LogP contribution >= 0.6 is 11.6 Å². The third kappa shape index (κ3) is 6.66. The van der Waals surface area contributed by atoms with E-state index in [0.29, 0.717) is 5.56 Å². The molecule has 1 heterocycles. The van der Waals surface area contributed by atoms with Gasteiger partial charge < -0.3 is 10.2 Å². The van der Waals surface area contributed by atoms with Gasteiger partial charge in [-0.05, 0) is 42.7 Å². The van der Waals surface area contributed by atoms with E-state index in [2.05, 4.69) is 22.1 Å². The summed E-state index contributed by atoms with van der Waals surface area (Å²) in [6.45, 7) is 0.190. The molecule has 0 radical (unpaired) electrons. The number of rotatable bonds is 6. The first kappa shape index (κ1) is 26.5. The molecule has 1 saturated carbocycles. The smallest absolute Gasteiger partial charge is 0.300 e. The summed E-state index contributed by atoms with van der Waals surface area (Å²) in [4.78, 5) is 34.0. The first-order valence-electron chi connectivity index (χ1n) is 13.4. The van der Waals surface area contributed by atoms with Gasteiger partial charge >= 0.3 is 0 Å². The van der Waals surface area contributed by atoms with Crippen molar-refractivity contribution < 1.29 is 9.59 Å². The zero-order valence-corrected chi connectivity index (χ0v) is 22.4. The highest BCUT2D eigenvalue weighted by atomic mass is 35.5. The van der Waals surface area contributed by atoms with E-state index in [1.807, 2.05) is 91.0 Å². The van der Waals surface area contributed by atoms with E-state index in [0.717, 1.165) is 47.7 Å². The fourth-order valence-corrected chi connectivity index (χ4v) is 5.31. The van der Waals surface area contributed by atoms with Crippen LogP contribution in [0, 0.1) is 11.8 Å². The molecular formula is C33H30ClN3O2. The van der Waals surface area contributed by atoms with E-state index in [-0.39, 0.29) is 23.6 Å². The fourth-order valence-electron chi connectivity index (χ4n) is 5.06. The first-order chi connectivity index (χ1) is 19.1. The number of nitrogens with one attached hydrogen (secondary N) is 1. The largest absolute Gasteiger partial charge is 0.351 e. The van der Waals surface area contributed by atoms with Crippen LogP contribution in [-0.4, -0.2) is 27.7 Å². The topological polar surface area (TPSA) is 62.3 Å². The van der Waals surface area contributed by atoms with E-state index in [9.17, 15) is 9.59 Å². The van der Waals surface area contributed by atoms with Crippen molar-refractivity contribution in [2.24, 2.45) is 0 Å². The zero-order chi connectivity index (χ0) is 27.0. The average molecular weight is 536 g/mol. The summed E-state index contributed by atoms with van der Waals surface area (Å²) < 4.78 is 0. The molecule has 1 aromatic heterocycles. The summed E-state index contributed by atoms with van der Waals surface area (Å²) >= 11 is 6.74. The summed E-state index contributed by atoms with van der Waals surface area (Å²) in [6, 6.07) is 27.5. The summed E-state index contributed by atoms with van der Waals surface area (Å²) in [7, 11) is 0. The molecule has 3 aromatic carbocycles. The maximum absolute atomic E-state index is 14.1. The number of carbonyl (C=O) groups is 2. The van der Waals surface area contributed by atoms with Crippen LogP contribution in [0.15, 0.2) is 91.0 Å². The minimum absolute atomic E-state index is 0.0602. The van der Waals surface area contributed by atoms with Gasteiger partial charge in [-0.3, -0.25) is 9.59 Å². The SMILES string of the molecule is O=C(NC1CCCCC1)C(c1cc2ccccc2nc1Cl)N(Cc1ccccc1)C(=O)C#Cc1ccccc1. The van der Waals surface area contributed by atoms with Gasteiger partial charge in [0.25, 0.3) is 5.91 Å². The van der Waals surface area contributed by atoms with E-state index in [1.54, 1.807) is 0 Å². The Labute approximate surface area is 234 Å². The third-order valence-electron chi connectivity index (χ3n) is 7.05. The number of carbonyl (C=O) groups excluding carboxylic acids is 2. The van der Waals surface area contributed by atoms with Crippen molar-refractivity contribution >= 4 is 34.3 Å². The number of fused-ring (bicyclic) bond motifs is 1. The summed E-state index contributed by atoms with van der Waals surface area (Å²) in [5.41, 5.74) is 2.81. The lowest BCUT2D eigenvalue weighted by atomic mass is 9.94. The van der Waals surface area contributed by atoms with Crippen LogP contribution in [0.25, 0.3) is 10.9 Å². The fraction of sp³-hybridized carbons (Fsp3) is 0.242. The maximum Gasteiger partial charge on any atom is 0.300 e. The number of halogens is 1. The maximum atomic E-state index is 14.1. The van der Waals surface area contributed by atoms with Crippen LogP contribution in [0.4, 0.5) is 0 Å². The van der Waals surface area contributed by atoms with Gasteiger partial charge in [0.05, 0.1) is 5.52 Å². The minimum atomic E-state index is -1.01. The van der Waals surface area contributed by atoms with Crippen LogP contribution in [0.3, 0.4) is 0 Å². The van der Waals surface area contributed by atoms with Crippen LogP contribution in [0.1, 0.15) is 54.8 Å². The molecule has 4 aromatic rings. The molecule has 0 aliphatic heterocycles. The second-order valence-corrected chi connectivity index (χ2v) is 10.2.